The van der Waals surface area contributed by atoms with E-state index in [1.165, 1.54) is 0 Å². The lowest BCUT2D eigenvalue weighted by Crippen LogP contribution is -2.19. The Morgan fingerprint density at radius 1 is 1.40 bits per heavy atom. The van der Waals surface area contributed by atoms with Gasteiger partial charge in [-0.2, -0.15) is 5.26 Å². The van der Waals surface area contributed by atoms with Gasteiger partial charge in [-0.1, -0.05) is 0 Å². The molecule has 0 radical (unpaired) electrons. The second kappa shape index (κ2) is 6.48. The largest absolute Gasteiger partial charge is 0.573 e. The lowest BCUT2D eigenvalue weighted by atomic mass is 10.0. The lowest BCUT2D eigenvalue weighted by Gasteiger charge is -2.14. The summed E-state index contributed by atoms with van der Waals surface area (Å²) in [6, 6.07) is 3.93. The fourth-order valence-electron chi connectivity index (χ4n) is 1.47. The average molecular weight is 308 g/mol. The van der Waals surface area contributed by atoms with Crippen LogP contribution in [0.4, 0.5) is 13.2 Å². The van der Waals surface area contributed by atoms with E-state index in [-0.39, 0.29) is 22.6 Å². The van der Waals surface area contributed by atoms with Crippen LogP contribution in [0.25, 0.3) is 0 Å². The second-order valence-electron chi connectivity index (χ2n) is 3.66. The highest BCUT2D eigenvalue weighted by Crippen LogP contribution is 2.30. The number of ether oxygens (including phenoxy) is 2. The minimum atomic E-state index is -4.91. The maximum Gasteiger partial charge on any atom is 0.573 e. The van der Waals surface area contributed by atoms with Crippen LogP contribution >= 0.6 is 11.6 Å². The molecule has 1 rings (SSSR count). The number of hydrogen-bond acceptors (Lipinski definition) is 4. The molecule has 0 spiro atoms. The maximum atomic E-state index is 12.3. The van der Waals surface area contributed by atoms with Gasteiger partial charge >= 0.3 is 12.3 Å². The van der Waals surface area contributed by atoms with E-state index >= 15 is 0 Å². The second-order valence-corrected chi connectivity index (χ2v) is 3.93. The highest BCUT2D eigenvalue weighted by atomic mass is 35.5. The van der Waals surface area contributed by atoms with Crippen LogP contribution in [-0.4, -0.2) is 19.4 Å². The zero-order chi connectivity index (χ0) is 15.3. The number of halogens is 4. The predicted molar refractivity (Wildman–Crippen MR) is 63.1 cm³/mol. The molecule has 0 aliphatic rings. The number of benzene rings is 1. The van der Waals surface area contributed by atoms with Gasteiger partial charge in [0.2, 0.25) is 0 Å². The molecule has 0 heterocycles. The predicted octanol–water partition coefficient (Wildman–Crippen LogP) is 2.91. The molecule has 1 aromatic carbocycles. The van der Waals surface area contributed by atoms with Crippen molar-refractivity contribution in [2.24, 2.45) is 0 Å². The minimum Gasteiger partial charge on any atom is -0.469 e. The summed E-state index contributed by atoms with van der Waals surface area (Å²) in [5.74, 6) is -1.48. The number of esters is 1. The van der Waals surface area contributed by atoms with Gasteiger partial charge in [-0.25, -0.2) is 0 Å². The van der Waals surface area contributed by atoms with Crippen LogP contribution in [0.5, 0.6) is 5.75 Å². The zero-order valence-corrected chi connectivity index (χ0v) is 11.0. The van der Waals surface area contributed by atoms with Crippen molar-refractivity contribution in [1.29, 1.82) is 5.26 Å². The van der Waals surface area contributed by atoms with Gasteiger partial charge in [0.05, 0.1) is 25.2 Å². The van der Waals surface area contributed by atoms with Crippen molar-refractivity contribution in [2.45, 2.75) is 18.7 Å². The van der Waals surface area contributed by atoms with Crippen LogP contribution in [0, 0.1) is 11.3 Å². The van der Waals surface area contributed by atoms with Gasteiger partial charge in [0.15, 0.2) is 0 Å². The normalized spacial score (nSPS) is 10.8. The van der Waals surface area contributed by atoms with Crippen LogP contribution in [0.2, 0.25) is 0 Å². The van der Waals surface area contributed by atoms with Crippen LogP contribution < -0.4 is 4.74 Å². The van der Waals surface area contributed by atoms with Gasteiger partial charge in [0.1, 0.15) is 5.75 Å². The summed E-state index contributed by atoms with van der Waals surface area (Å²) >= 11 is 5.56. The number of hydrogen-bond donors (Lipinski definition) is 0. The van der Waals surface area contributed by atoms with Crippen molar-refractivity contribution < 1.29 is 27.4 Å². The van der Waals surface area contributed by atoms with Gasteiger partial charge in [-0.15, -0.1) is 24.8 Å². The molecule has 0 aliphatic carbocycles. The number of nitrogens with zero attached hydrogens (tertiary/aromatic N) is 1. The first-order valence-corrected chi connectivity index (χ1v) is 5.78. The number of rotatable bonds is 4. The summed E-state index contributed by atoms with van der Waals surface area (Å²) in [6.07, 6.45) is -5.36. The molecule has 0 N–H and O–H groups in total. The SMILES string of the molecule is COC(=O)Cc1cc(C#N)c(CCl)cc1OC(F)(F)F. The third kappa shape index (κ3) is 4.31. The molecule has 8 heteroatoms. The van der Waals surface area contributed by atoms with E-state index in [1.807, 2.05) is 0 Å². The van der Waals surface area contributed by atoms with Crippen molar-refractivity contribution in [3.8, 4) is 11.8 Å². The molecule has 0 unspecified atom stereocenters. The van der Waals surface area contributed by atoms with Crippen molar-refractivity contribution in [1.82, 2.24) is 0 Å². The van der Waals surface area contributed by atoms with E-state index in [2.05, 4.69) is 9.47 Å². The Hall–Kier alpha value is -1.94. The molecule has 0 atom stereocenters. The number of nitriles is 1. The first-order chi connectivity index (χ1) is 9.30. The van der Waals surface area contributed by atoms with Crippen molar-refractivity contribution >= 4 is 17.6 Å². The van der Waals surface area contributed by atoms with Crippen molar-refractivity contribution in [3.63, 3.8) is 0 Å². The first-order valence-electron chi connectivity index (χ1n) is 5.25. The van der Waals surface area contributed by atoms with E-state index in [0.717, 1.165) is 19.2 Å². The molecule has 0 aliphatic heterocycles. The number of carbonyl (C=O) groups excluding carboxylic acids is 1. The summed E-state index contributed by atoms with van der Waals surface area (Å²) in [4.78, 5) is 11.2. The molecule has 0 amide bonds. The summed E-state index contributed by atoms with van der Waals surface area (Å²) in [5, 5.41) is 8.90. The highest BCUT2D eigenvalue weighted by Gasteiger charge is 2.32. The summed E-state index contributed by atoms with van der Waals surface area (Å²) in [5.41, 5.74) is 0.162. The summed E-state index contributed by atoms with van der Waals surface area (Å²) in [7, 11) is 1.10. The van der Waals surface area contributed by atoms with E-state index < -0.39 is 24.5 Å². The Labute approximate surface area is 117 Å². The molecule has 1 aromatic rings. The van der Waals surface area contributed by atoms with Gasteiger partial charge in [0.25, 0.3) is 0 Å². The van der Waals surface area contributed by atoms with Gasteiger partial charge in [-0.3, -0.25) is 4.79 Å². The van der Waals surface area contributed by atoms with E-state index in [0.29, 0.717) is 0 Å². The Kier molecular flexibility index (Phi) is 5.22. The summed E-state index contributed by atoms with van der Waals surface area (Å²) < 4.78 is 45.2. The van der Waals surface area contributed by atoms with Gasteiger partial charge in [0, 0.05) is 11.4 Å². The zero-order valence-electron chi connectivity index (χ0n) is 10.3. The smallest absolute Gasteiger partial charge is 0.469 e. The Morgan fingerprint density at radius 2 is 2.05 bits per heavy atom. The topological polar surface area (TPSA) is 59.3 Å². The van der Waals surface area contributed by atoms with Crippen LogP contribution in [0.3, 0.4) is 0 Å². The van der Waals surface area contributed by atoms with Gasteiger partial charge < -0.3 is 9.47 Å². The molecule has 0 saturated carbocycles. The molecule has 4 nitrogen and oxygen atoms in total. The lowest BCUT2D eigenvalue weighted by molar-refractivity contribution is -0.275. The van der Waals surface area contributed by atoms with E-state index in [1.54, 1.807) is 6.07 Å². The number of carbonyl (C=O) groups is 1. The standard InChI is InChI=1S/C12H9ClF3NO3/c1-19-11(18)4-7-2-9(6-17)8(5-13)3-10(7)20-12(14,15)16/h2-3H,4-5H2,1H3. The monoisotopic (exact) mass is 307 g/mol. The molecule has 108 valence electrons. The maximum absolute atomic E-state index is 12.3. The third-order valence-corrected chi connectivity index (χ3v) is 2.63. The van der Waals surface area contributed by atoms with E-state index in [4.69, 9.17) is 16.9 Å². The van der Waals surface area contributed by atoms with Crippen molar-refractivity contribution in [3.05, 3.63) is 28.8 Å². The molecule has 0 fully saturated rings. The molecule has 0 saturated heterocycles. The van der Waals surface area contributed by atoms with Crippen LogP contribution in [-0.2, 0) is 21.8 Å². The Balaban J connectivity index is 3.29. The van der Waals surface area contributed by atoms with Gasteiger partial charge in [-0.05, 0) is 17.7 Å². The summed E-state index contributed by atoms with van der Waals surface area (Å²) in [6.45, 7) is 0. The van der Waals surface area contributed by atoms with E-state index in [9.17, 15) is 18.0 Å². The van der Waals surface area contributed by atoms with Crippen LogP contribution in [0.15, 0.2) is 12.1 Å². The van der Waals surface area contributed by atoms with Crippen molar-refractivity contribution in [2.75, 3.05) is 7.11 Å². The molecular formula is C12H9ClF3NO3. The average Bonchev–Trinajstić information content (AvgIpc) is 2.38. The molecule has 20 heavy (non-hydrogen) atoms. The highest BCUT2D eigenvalue weighted by molar-refractivity contribution is 6.17. The third-order valence-electron chi connectivity index (χ3n) is 2.34. The number of methoxy groups -OCH3 is 1. The Morgan fingerprint density at radius 3 is 2.50 bits per heavy atom. The fourth-order valence-corrected chi connectivity index (χ4v) is 1.69. The first kappa shape index (κ1) is 16.1. The quantitative estimate of drug-likeness (QED) is 0.634. The Bertz CT molecular complexity index is 552. The minimum absolute atomic E-state index is 0.0772. The molecule has 0 aromatic heterocycles. The number of alkyl halides is 4. The molecule has 0 bridgehead atoms. The molecular weight excluding hydrogens is 299 g/mol. The van der Waals surface area contributed by atoms with Crippen LogP contribution in [0.1, 0.15) is 16.7 Å². The fraction of sp³-hybridized carbons (Fsp3) is 0.333.